The second-order valence-electron chi connectivity index (χ2n) is 6.11. The molecule has 25 heavy (non-hydrogen) atoms. The first-order valence-electron chi connectivity index (χ1n) is 8.31. The van der Waals surface area contributed by atoms with Crippen molar-refractivity contribution in [2.75, 3.05) is 19.8 Å². The van der Waals surface area contributed by atoms with Crippen molar-refractivity contribution in [3.63, 3.8) is 0 Å². The van der Waals surface area contributed by atoms with Gasteiger partial charge in [-0.3, -0.25) is 9.88 Å². The van der Waals surface area contributed by atoms with Crippen molar-refractivity contribution in [3.05, 3.63) is 71.4 Å². The Morgan fingerprint density at radius 1 is 1.20 bits per heavy atom. The molecule has 4 rings (SSSR count). The quantitative estimate of drug-likeness (QED) is 0.776. The van der Waals surface area contributed by atoms with Gasteiger partial charge in [-0.05, 0) is 29.3 Å². The number of hydrogen-bond donors (Lipinski definition) is 1. The summed E-state index contributed by atoms with van der Waals surface area (Å²) in [5.74, 6) is 0.925. The molecular weight excluding hydrogens is 336 g/mol. The van der Waals surface area contributed by atoms with E-state index in [0.717, 1.165) is 41.8 Å². The summed E-state index contributed by atoms with van der Waals surface area (Å²) in [5, 5.41) is 0.729. The van der Waals surface area contributed by atoms with Gasteiger partial charge in [0.15, 0.2) is 0 Å². The molecule has 0 radical (unpaired) electrons. The van der Waals surface area contributed by atoms with Crippen LogP contribution in [0.15, 0.2) is 55.0 Å². The maximum atomic E-state index is 5.97. The highest BCUT2D eigenvalue weighted by molar-refractivity contribution is 6.30. The summed E-state index contributed by atoms with van der Waals surface area (Å²) in [6.07, 6.45) is 5.58. The van der Waals surface area contributed by atoms with Gasteiger partial charge in [-0.15, -0.1) is 0 Å². The van der Waals surface area contributed by atoms with Gasteiger partial charge in [-0.2, -0.15) is 0 Å². The maximum absolute atomic E-state index is 5.97. The molecule has 5 nitrogen and oxygen atoms in total. The minimum Gasteiger partial charge on any atom is -0.378 e. The number of ether oxygens (including phenoxy) is 1. The van der Waals surface area contributed by atoms with E-state index in [9.17, 15) is 0 Å². The lowest BCUT2D eigenvalue weighted by Gasteiger charge is -2.34. The number of nitrogens with one attached hydrogen (secondary N) is 1. The fourth-order valence-corrected chi connectivity index (χ4v) is 3.21. The Morgan fingerprint density at radius 3 is 2.88 bits per heavy atom. The second-order valence-corrected chi connectivity index (χ2v) is 6.55. The molecule has 6 heteroatoms. The number of imidazole rings is 1. The van der Waals surface area contributed by atoms with Crippen molar-refractivity contribution in [2.24, 2.45) is 0 Å². The predicted molar refractivity (Wildman–Crippen MR) is 97.2 cm³/mol. The third-order valence-electron chi connectivity index (χ3n) is 4.41. The van der Waals surface area contributed by atoms with E-state index in [1.165, 1.54) is 5.56 Å². The lowest BCUT2D eigenvalue weighted by Crippen LogP contribution is -2.39. The summed E-state index contributed by atoms with van der Waals surface area (Å²) < 4.78 is 5.70. The van der Waals surface area contributed by atoms with Crippen molar-refractivity contribution in [1.82, 2.24) is 19.9 Å². The monoisotopic (exact) mass is 354 g/mol. The number of benzene rings is 1. The van der Waals surface area contributed by atoms with Gasteiger partial charge in [0.2, 0.25) is 0 Å². The van der Waals surface area contributed by atoms with Crippen LogP contribution in [0.3, 0.4) is 0 Å². The largest absolute Gasteiger partial charge is 0.378 e. The molecule has 1 aliphatic heterocycles. The molecule has 1 fully saturated rings. The van der Waals surface area contributed by atoms with Gasteiger partial charge < -0.3 is 9.72 Å². The molecule has 0 saturated carbocycles. The zero-order valence-corrected chi connectivity index (χ0v) is 14.5. The zero-order chi connectivity index (χ0) is 17.1. The number of morpholine rings is 1. The number of halogens is 1. The molecule has 1 atom stereocenters. The second kappa shape index (κ2) is 7.35. The molecule has 2 aromatic heterocycles. The summed E-state index contributed by atoms with van der Waals surface area (Å²) in [5.41, 5.74) is 3.25. The number of aromatic amines is 1. The van der Waals surface area contributed by atoms with Crippen LogP contribution in [0.1, 0.15) is 17.4 Å². The summed E-state index contributed by atoms with van der Waals surface area (Å²) in [7, 11) is 0. The van der Waals surface area contributed by atoms with Crippen LogP contribution in [0, 0.1) is 0 Å². The SMILES string of the molecule is Clc1ccc(-c2cnc(C3COCCN3Cc3cccnc3)[nH]2)cc1. The average Bonchev–Trinajstić information content (AvgIpc) is 3.14. The summed E-state index contributed by atoms with van der Waals surface area (Å²) >= 11 is 5.97. The normalized spacial score (nSPS) is 18.4. The summed E-state index contributed by atoms with van der Waals surface area (Å²) in [4.78, 5) is 14.6. The molecule has 0 amide bonds. The average molecular weight is 355 g/mol. The Hall–Kier alpha value is -2.21. The van der Waals surface area contributed by atoms with Crippen molar-refractivity contribution in [3.8, 4) is 11.3 Å². The van der Waals surface area contributed by atoms with Crippen LogP contribution < -0.4 is 0 Å². The smallest absolute Gasteiger partial charge is 0.126 e. The third kappa shape index (κ3) is 3.74. The number of aromatic nitrogens is 3. The first kappa shape index (κ1) is 16.3. The molecule has 1 unspecified atom stereocenters. The molecule has 0 spiro atoms. The van der Waals surface area contributed by atoms with E-state index < -0.39 is 0 Å². The summed E-state index contributed by atoms with van der Waals surface area (Å²) in [6.45, 7) is 3.07. The minimum absolute atomic E-state index is 0.106. The zero-order valence-electron chi connectivity index (χ0n) is 13.7. The van der Waals surface area contributed by atoms with E-state index >= 15 is 0 Å². The van der Waals surface area contributed by atoms with E-state index in [0.29, 0.717) is 6.61 Å². The van der Waals surface area contributed by atoms with Gasteiger partial charge in [-0.25, -0.2) is 4.98 Å². The Labute approximate surface area is 151 Å². The molecule has 3 heterocycles. The molecule has 1 aromatic carbocycles. The highest BCUT2D eigenvalue weighted by atomic mass is 35.5. The number of nitrogens with zero attached hydrogens (tertiary/aromatic N) is 3. The van der Waals surface area contributed by atoms with Crippen LogP contribution in [0.5, 0.6) is 0 Å². The van der Waals surface area contributed by atoms with Gasteiger partial charge >= 0.3 is 0 Å². The Bertz CT molecular complexity index is 819. The van der Waals surface area contributed by atoms with E-state index in [1.54, 1.807) is 6.20 Å². The van der Waals surface area contributed by atoms with Gasteiger partial charge in [0.05, 0.1) is 31.1 Å². The van der Waals surface area contributed by atoms with E-state index in [1.807, 2.05) is 42.7 Å². The van der Waals surface area contributed by atoms with E-state index in [2.05, 4.69) is 25.9 Å². The predicted octanol–water partition coefficient (Wildman–Crippen LogP) is 3.70. The number of hydrogen-bond acceptors (Lipinski definition) is 4. The first-order chi connectivity index (χ1) is 12.3. The Balaban J connectivity index is 1.55. The molecule has 0 bridgehead atoms. The van der Waals surface area contributed by atoms with Gasteiger partial charge in [0.25, 0.3) is 0 Å². The third-order valence-corrected chi connectivity index (χ3v) is 4.67. The fraction of sp³-hybridized carbons (Fsp3) is 0.263. The van der Waals surface area contributed by atoms with Gasteiger partial charge in [-0.1, -0.05) is 29.8 Å². The molecule has 1 N–H and O–H groups in total. The van der Waals surface area contributed by atoms with Crippen LogP contribution in [-0.4, -0.2) is 39.6 Å². The standard InChI is InChI=1S/C19H19ClN4O/c20-16-5-3-15(4-6-16)17-11-22-19(23-17)18-13-25-9-8-24(18)12-14-2-1-7-21-10-14/h1-7,10-11,18H,8-9,12-13H2,(H,22,23). The Morgan fingerprint density at radius 2 is 2.08 bits per heavy atom. The Kier molecular flexibility index (Phi) is 4.78. The minimum atomic E-state index is 0.106. The molecule has 3 aromatic rings. The van der Waals surface area contributed by atoms with Crippen LogP contribution in [0.4, 0.5) is 0 Å². The summed E-state index contributed by atoms with van der Waals surface area (Å²) in [6, 6.07) is 11.9. The van der Waals surface area contributed by atoms with Crippen LogP contribution in [0.25, 0.3) is 11.3 Å². The van der Waals surface area contributed by atoms with Gasteiger partial charge in [0, 0.05) is 30.5 Å². The van der Waals surface area contributed by atoms with E-state index in [4.69, 9.17) is 16.3 Å². The molecule has 128 valence electrons. The first-order valence-corrected chi connectivity index (χ1v) is 8.69. The number of H-pyrrole nitrogens is 1. The van der Waals surface area contributed by atoms with Crippen molar-refractivity contribution in [1.29, 1.82) is 0 Å². The lowest BCUT2D eigenvalue weighted by atomic mass is 10.1. The molecule has 0 aliphatic carbocycles. The van der Waals surface area contributed by atoms with Crippen molar-refractivity contribution < 1.29 is 4.74 Å². The highest BCUT2D eigenvalue weighted by Crippen LogP contribution is 2.27. The van der Waals surface area contributed by atoms with Crippen molar-refractivity contribution in [2.45, 2.75) is 12.6 Å². The maximum Gasteiger partial charge on any atom is 0.126 e. The number of pyridine rings is 1. The van der Waals surface area contributed by atoms with Crippen LogP contribution >= 0.6 is 11.6 Å². The lowest BCUT2D eigenvalue weighted by molar-refractivity contribution is -0.0156. The van der Waals surface area contributed by atoms with Crippen LogP contribution in [-0.2, 0) is 11.3 Å². The highest BCUT2D eigenvalue weighted by Gasteiger charge is 2.27. The topological polar surface area (TPSA) is 54.0 Å². The molecule has 1 saturated heterocycles. The van der Waals surface area contributed by atoms with E-state index in [-0.39, 0.29) is 6.04 Å². The number of rotatable bonds is 4. The fourth-order valence-electron chi connectivity index (χ4n) is 3.09. The van der Waals surface area contributed by atoms with Crippen molar-refractivity contribution >= 4 is 11.6 Å². The van der Waals surface area contributed by atoms with Gasteiger partial charge in [0.1, 0.15) is 5.82 Å². The van der Waals surface area contributed by atoms with Crippen LogP contribution in [0.2, 0.25) is 5.02 Å². The molecule has 1 aliphatic rings. The molecular formula is C19H19ClN4O.